The molecule has 0 saturated carbocycles. The average molecular weight is 348 g/mol. The number of rotatable bonds is 4. The molecule has 7 heteroatoms. The Morgan fingerprint density at radius 2 is 2.28 bits per heavy atom. The lowest BCUT2D eigenvalue weighted by molar-refractivity contribution is 0.0697. The second kappa shape index (κ2) is 5.69. The molecular weight excluding hydrogens is 340 g/mol. The van der Waals surface area contributed by atoms with E-state index in [2.05, 4.69) is 26.2 Å². The summed E-state index contributed by atoms with van der Waals surface area (Å²) in [5.74, 6) is -0.578. The maximum absolute atomic E-state index is 10.9. The topological polar surface area (TPSA) is 62.2 Å². The van der Waals surface area contributed by atoms with Gasteiger partial charge in [-0.05, 0) is 40.2 Å². The molecule has 0 aliphatic carbocycles. The van der Waals surface area contributed by atoms with Gasteiger partial charge < -0.3 is 10.4 Å². The molecule has 0 amide bonds. The van der Waals surface area contributed by atoms with Gasteiger partial charge in [0.25, 0.3) is 0 Å². The molecule has 0 radical (unpaired) electrons. The largest absolute Gasteiger partial charge is 0.478 e. The minimum absolute atomic E-state index is 0.116. The highest BCUT2D eigenvalue weighted by atomic mass is 79.9. The van der Waals surface area contributed by atoms with Crippen LogP contribution in [0, 0.1) is 0 Å². The fourth-order valence-corrected chi connectivity index (χ4v) is 2.97. The van der Waals surface area contributed by atoms with Crippen molar-refractivity contribution in [3.05, 3.63) is 43.6 Å². The van der Waals surface area contributed by atoms with Crippen LogP contribution in [0.25, 0.3) is 0 Å². The van der Waals surface area contributed by atoms with Crippen LogP contribution >= 0.6 is 38.9 Å². The van der Waals surface area contributed by atoms with Gasteiger partial charge in [0.15, 0.2) is 0 Å². The zero-order valence-electron chi connectivity index (χ0n) is 8.98. The first-order valence-electron chi connectivity index (χ1n) is 4.93. The first kappa shape index (κ1) is 13.3. The number of anilines is 1. The van der Waals surface area contributed by atoms with Crippen molar-refractivity contribution in [3.63, 3.8) is 0 Å². The van der Waals surface area contributed by atoms with E-state index in [-0.39, 0.29) is 10.7 Å². The number of carbonyl (C=O) groups is 1. The summed E-state index contributed by atoms with van der Waals surface area (Å²) < 4.78 is 1.05. The van der Waals surface area contributed by atoms with Gasteiger partial charge in [-0.15, -0.1) is 11.3 Å². The van der Waals surface area contributed by atoms with Crippen molar-refractivity contribution < 1.29 is 9.90 Å². The third-order valence-electron chi connectivity index (χ3n) is 2.11. The maximum Gasteiger partial charge on any atom is 0.335 e. The van der Waals surface area contributed by atoms with Crippen LogP contribution in [0.3, 0.4) is 0 Å². The molecule has 0 aliphatic heterocycles. The van der Waals surface area contributed by atoms with Gasteiger partial charge >= 0.3 is 5.97 Å². The van der Waals surface area contributed by atoms with Gasteiger partial charge in [0.1, 0.15) is 11.0 Å². The molecule has 18 heavy (non-hydrogen) atoms. The highest BCUT2D eigenvalue weighted by Gasteiger charge is 2.07. The smallest absolute Gasteiger partial charge is 0.335 e. The summed E-state index contributed by atoms with van der Waals surface area (Å²) >= 11 is 10.7. The molecule has 2 heterocycles. The highest BCUT2D eigenvalue weighted by Crippen LogP contribution is 2.23. The number of aromatic carboxylic acids is 1. The number of hydrogen-bond acceptors (Lipinski definition) is 4. The fourth-order valence-electron chi connectivity index (χ4n) is 1.34. The molecule has 94 valence electrons. The number of halogens is 2. The van der Waals surface area contributed by atoms with Crippen molar-refractivity contribution in [1.82, 2.24) is 4.98 Å². The molecular formula is C11H8BrClN2O2S. The van der Waals surface area contributed by atoms with Crippen LogP contribution in [-0.4, -0.2) is 16.1 Å². The third-order valence-corrected chi connectivity index (χ3v) is 3.93. The Kier molecular flexibility index (Phi) is 4.21. The molecule has 2 aromatic rings. The predicted molar refractivity (Wildman–Crippen MR) is 75.6 cm³/mol. The van der Waals surface area contributed by atoms with E-state index in [0.29, 0.717) is 12.4 Å². The zero-order valence-corrected chi connectivity index (χ0v) is 12.1. The van der Waals surface area contributed by atoms with Gasteiger partial charge in [0.05, 0.1) is 15.9 Å². The number of carboxylic acids is 1. The molecule has 0 bridgehead atoms. The van der Waals surface area contributed by atoms with Gasteiger partial charge in [-0.1, -0.05) is 11.6 Å². The molecule has 0 saturated heterocycles. The Bertz CT molecular complexity index is 588. The van der Waals surface area contributed by atoms with Gasteiger partial charge in [-0.2, -0.15) is 0 Å². The van der Waals surface area contributed by atoms with E-state index < -0.39 is 5.97 Å². The molecule has 0 spiro atoms. The summed E-state index contributed by atoms with van der Waals surface area (Å²) in [6.07, 6.45) is 0. The summed E-state index contributed by atoms with van der Waals surface area (Å²) in [6.45, 7) is 0.572. The van der Waals surface area contributed by atoms with Crippen molar-refractivity contribution in [2.24, 2.45) is 0 Å². The number of nitrogens with one attached hydrogen (secondary N) is 1. The third kappa shape index (κ3) is 3.44. The average Bonchev–Trinajstić information content (AvgIpc) is 2.72. The minimum Gasteiger partial charge on any atom is -0.478 e. The molecule has 4 nitrogen and oxygen atoms in total. The summed E-state index contributed by atoms with van der Waals surface area (Å²) in [5.41, 5.74) is 0.116. The monoisotopic (exact) mass is 346 g/mol. The number of aromatic nitrogens is 1. The van der Waals surface area contributed by atoms with Crippen LogP contribution in [0.4, 0.5) is 5.82 Å². The number of thiophene rings is 1. The Labute approximate surface area is 121 Å². The fraction of sp³-hybridized carbons (Fsp3) is 0.0909. The summed E-state index contributed by atoms with van der Waals surface area (Å²) in [6, 6.07) is 6.70. The zero-order chi connectivity index (χ0) is 13.1. The normalized spacial score (nSPS) is 10.3. The summed E-state index contributed by atoms with van der Waals surface area (Å²) in [7, 11) is 0. The van der Waals surface area contributed by atoms with E-state index in [4.69, 9.17) is 16.7 Å². The van der Waals surface area contributed by atoms with E-state index in [1.54, 1.807) is 11.3 Å². The molecule has 0 unspecified atom stereocenters. The van der Waals surface area contributed by atoms with Gasteiger partial charge in [-0.25, -0.2) is 9.78 Å². The lowest BCUT2D eigenvalue weighted by Gasteiger charge is -2.05. The Morgan fingerprint density at radius 3 is 2.89 bits per heavy atom. The molecule has 2 aromatic heterocycles. The van der Waals surface area contributed by atoms with Crippen molar-refractivity contribution in [3.8, 4) is 0 Å². The second-order valence-electron chi connectivity index (χ2n) is 3.43. The Hall–Kier alpha value is -1.11. The first-order valence-corrected chi connectivity index (χ1v) is 6.92. The van der Waals surface area contributed by atoms with E-state index in [1.165, 1.54) is 12.1 Å². The lowest BCUT2D eigenvalue weighted by Crippen LogP contribution is -2.03. The highest BCUT2D eigenvalue weighted by molar-refractivity contribution is 9.11. The van der Waals surface area contributed by atoms with Crippen LogP contribution in [0.1, 0.15) is 15.2 Å². The quantitative estimate of drug-likeness (QED) is 0.824. The number of pyridine rings is 1. The maximum atomic E-state index is 10.9. The van der Waals surface area contributed by atoms with Gasteiger partial charge in [0.2, 0.25) is 0 Å². The van der Waals surface area contributed by atoms with E-state index in [9.17, 15) is 4.79 Å². The van der Waals surface area contributed by atoms with Crippen LogP contribution < -0.4 is 5.32 Å². The summed E-state index contributed by atoms with van der Waals surface area (Å²) in [5, 5.41) is 12.1. The standard InChI is InChI=1S/C11H8BrClN2O2S/c12-8-2-1-7(18-8)5-14-10-4-6(11(16)17)3-9(13)15-10/h1-4H,5H2,(H,14,15)(H,16,17). The molecule has 2 N–H and O–H groups in total. The van der Waals surface area contributed by atoms with E-state index in [1.807, 2.05) is 12.1 Å². The van der Waals surface area contributed by atoms with Crippen LogP contribution in [-0.2, 0) is 6.54 Å². The number of hydrogen-bond donors (Lipinski definition) is 2. The molecule has 2 rings (SSSR count). The number of nitrogens with zero attached hydrogens (tertiary/aromatic N) is 1. The SMILES string of the molecule is O=C(O)c1cc(Cl)nc(NCc2ccc(Br)s2)c1. The van der Waals surface area contributed by atoms with Crippen molar-refractivity contribution in [2.45, 2.75) is 6.54 Å². The molecule has 0 fully saturated rings. The Balaban J connectivity index is 2.11. The number of carboxylic acid groups (broad SMARTS) is 1. The van der Waals surface area contributed by atoms with E-state index >= 15 is 0 Å². The minimum atomic E-state index is -1.03. The van der Waals surface area contributed by atoms with Gasteiger partial charge in [0, 0.05) is 4.88 Å². The van der Waals surface area contributed by atoms with Crippen LogP contribution in [0.2, 0.25) is 5.15 Å². The van der Waals surface area contributed by atoms with Gasteiger partial charge in [-0.3, -0.25) is 0 Å². The molecule has 0 atom stereocenters. The van der Waals surface area contributed by atoms with Crippen molar-refractivity contribution >= 4 is 50.7 Å². The lowest BCUT2D eigenvalue weighted by atomic mass is 10.2. The summed E-state index contributed by atoms with van der Waals surface area (Å²) in [4.78, 5) is 16.0. The Morgan fingerprint density at radius 1 is 1.50 bits per heavy atom. The predicted octanol–water partition coefficient (Wildman–Crippen LogP) is 3.87. The van der Waals surface area contributed by atoms with E-state index in [0.717, 1.165) is 8.66 Å². The molecule has 0 aliphatic rings. The van der Waals surface area contributed by atoms with Crippen LogP contribution in [0.5, 0.6) is 0 Å². The molecule has 0 aromatic carbocycles. The second-order valence-corrected chi connectivity index (χ2v) is 6.36. The van der Waals surface area contributed by atoms with Crippen LogP contribution in [0.15, 0.2) is 28.1 Å². The first-order chi connectivity index (χ1) is 8.54. The van der Waals surface area contributed by atoms with Crippen molar-refractivity contribution in [2.75, 3.05) is 5.32 Å². The van der Waals surface area contributed by atoms with Crippen molar-refractivity contribution in [1.29, 1.82) is 0 Å².